The number of hydrogen-bond acceptors (Lipinski definition) is 4. The summed E-state index contributed by atoms with van der Waals surface area (Å²) in [5, 5.41) is 8.18. The lowest BCUT2D eigenvalue weighted by Crippen LogP contribution is -2.24. The molecule has 0 saturated heterocycles. The van der Waals surface area contributed by atoms with Crippen LogP contribution in [0.15, 0.2) is 16.2 Å². The Labute approximate surface area is 132 Å². The van der Waals surface area contributed by atoms with Crippen molar-refractivity contribution >= 4 is 27.3 Å². The highest BCUT2D eigenvalue weighted by molar-refractivity contribution is 9.10. The van der Waals surface area contributed by atoms with E-state index >= 15 is 0 Å². The molecule has 0 aliphatic carbocycles. The summed E-state index contributed by atoms with van der Waals surface area (Å²) >= 11 is 5.41. The lowest BCUT2D eigenvalue weighted by molar-refractivity contribution is 0.517. The van der Waals surface area contributed by atoms with Crippen molar-refractivity contribution in [3.8, 4) is 0 Å². The van der Waals surface area contributed by atoms with Gasteiger partial charge in [0.25, 0.3) is 0 Å². The fourth-order valence-electron chi connectivity index (χ4n) is 2.22. The summed E-state index contributed by atoms with van der Waals surface area (Å²) < 4.78 is 3.14. The van der Waals surface area contributed by atoms with Gasteiger partial charge in [0.15, 0.2) is 0 Å². The maximum Gasteiger partial charge on any atom is 0.0794 e. The molecule has 0 aliphatic rings. The van der Waals surface area contributed by atoms with Gasteiger partial charge in [0.1, 0.15) is 0 Å². The average Bonchev–Trinajstić information content (AvgIpc) is 3.05. The molecule has 0 amide bonds. The molecule has 0 fully saturated rings. The number of thiazole rings is 1. The van der Waals surface area contributed by atoms with Gasteiger partial charge in [-0.2, -0.15) is 5.10 Å². The lowest BCUT2D eigenvalue weighted by Gasteiger charge is -2.17. The second-order valence-corrected chi connectivity index (χ2v) is 6.51. The molecule has 0 aromatic carbocycles. The number of nitrogens with zero attached hydrogens (tertiary/aromatic N) is 3. The number of aromatic nitrogens is 3. The Balaban J connectivity index is 2.21. The van der Waals surface area contributed by atoms with Gasteiger partial charge in [0.2, 0.25) is 0 Å². The zero-order valence-corrected chi connectivity index (χ0v) is 14.6. The minimum Gasteiger partial charge on any atom is -0.309 e. The van der Waals surface area contributed by atoms with Gasteiger partial charge >= 0.3 is 0 Å². The molecule has 2 aromatic rings. The van der Waals surface area contributed by atoms with Crippen LogP contribution in [0.1, 0.15) is 42.6 Å². The molecule has 4 nitrogen and oxygen atoms in total. The van der Waals surface area contributed by atoms with Crippen molar-refractivity contribution in [3.63, 3.8) is 0 Å². The molecule has 2 rings (SSSR count). The van der Waals surface area contributed by atoms with Gasteiger partial charge in [0, 0.05) is 30.6 Å². The summed E-state index contributed by atoms with van der Waals surface area (Å²) in [5.41, 5.74) is 4.26. The van der Waals surface area contributed by atoms with Crippen LogP contribution in [0.25, 0.3) is 0 Å². The molecule has 1 unspecified atom stereocenters. The van der Waals surface area contributed by atoms with Gasteiger partial charge in [-0.3, -0.25) is 9.67 Å². The highest BCUT2D eigenvalue weighted by Crippen LogP contribution is 2.28. The molecule has 0 spiro atoms. The molecule has 20 heavy (non-hydrogen) atoms. The van der Waals surface area contributed by atoms with Crippen LogP contribution in [-0.2, 0) is 19.9 Å². The van der Waals surface area contributed by atoms with Gasteiger partial charge in [-0.05, 0) is 35.3 Å². The van der Waals surface area contributed by atoms with Crippen molar-refractivity contribution in [1.29, 1.82) is 0 Å². The molecule has 1 N–H and O–H groups in total. The Morgan fingerprint density at radius 2 is 2.25 bits per heavy atom. The van der Waals surface area contributed by atoms with E-state index in [-0.39, 0.29) is 0 Å². The highest BCUT2D eigenvalue weighted by Gasteiger charge is 2.19. The maximum atomic E-state index is 4.57. The number of rotatable bonds is 7. The number of hydrogen-bond donors (Lipinski definition) is 1. The standard InChI is InChI=1S/C14H21BrN4S/c1-4-6-17-11(13-8-16-9-20-13)7-12-14(15)10(5-2)18-19(12)3/h8-9,11,17H,4-7H2,1-3H3. The van der Waals surface area contributed by atoms with Crippen molar-refractivity contribution in [2.24, 2.45) is 7.05 Å². The third-order valence-corrected chi connectivity index (χ3v) is 5.14. The van der Waals surface area contributed by atoms with Crippen molar-refractivity contribution in [3.05, 3.63) is 32.4 Å². The predicted molar refractivity (Wildman–Crippen MR) is 87.1 cm³/mol. The van der Waals surface area contributed by atoms with Crippen LogP contribution in [-0.4, -0.2) is 21.3 Å². The van der Waals surface area contributed by atoms with E-state index in [1.807, 2.05) is 23.4 Å². The van der Waals surface area contributed by atoms with E-state index < -0.39 is 0 Å². The van der Waals surface area contributed by atoms with Crippen molar-refractivity contribution < 1.29 is 0 Å². The third-order valence-electron chi connectivity index (χ3n) is 3.34. The van der Waals surface area contributed by atoms with E-state index in [4.69, 9.17) is 0 Å². The molecule has 0 saturated carbocycles. The van der Waals surface area contributed by atoms with Crippen molar-refractivity contribution in [2.75, 3.05) is 6.54 Å². The fourth-order valence-corrected chi connectivity index (χ4v) is 3.70. The third kappa shape index (κ3) is 3.48. The molecule has 2 heterocycles. The van der Waals surface area contributed by atoms with Gasteiger partial charge in [-0.25, -0.2) is 0 Å². The summed E-state index contributed by atoms with van der Waals surface area (Å²) in [7, 11) is 2.02. The normalized spacial score (nSPS) is 12.8. The minimum absolute atomic E-state index is 0.304. The first-order valence-electron chi connectivity index (χ1n) is 6.99. The van der Waals surface area contributed by atoms with Crippen LogP contribution in [0.4, 0.5) is 0 Å². The SMILES string of the molecule is CCCNC(Cc1c(Br)c(CC)nn1C)c1cncs1. The van der Waals surface area contributed by atoms with Crippen LogP contribution in [0, 0.1) is 0 Å². The van der Waals surface area contributed by atoms with E-state index in [2.05, 4.69) is 45.2 Å². The van der Waals surface area contributed by atoms with E-state index in [0.29, 0.717) is 6.04 Å². The molecule has 0 bridgehead atoms. The summed E-state index contributed by atoms with van der Waals surface area (Å²) in [6.07, 6.45) is 4.96. The van der Waals surface area contributed by atoms with E-state index in [9.17, 15) is 0 Å². The Bertz CT molecular complexity index is 536. The lowest BCUT2D eigenvalue weighted by atomic mass is 10.1. The van der Waals surface area contributed by atoms with Crippen LogP contribution in [0.3, 0.4) is 0 Å². The number of halogens is 1. The monoisotopic (exact) mass is 356 g/mol. The largest absolute Gasteiger partial charge is 0.309 e. The zero-order chi connectivity index (χ0) is 14.5. The Hall–Kier alpha value is -0.720. The quantitative estimate of drug-likeness (QED) is 0.825. The van der Waals surface area contributed by atoms with Crippen molar-refractivity contribution in [1.82, 2.24) is 20.1 Å². The average molecular weight is 357 g/mol. The molecule has 6 heteroatoms. The smallest absolute Gasteiger partial charge is 0.0794 e. The second-order valence-electron chi connectivity index (χ2n) is 4.80. The summed E-state index contributed by atoms with van der Waals surface area (Å²) in [6.45, 7) is 5.33. The van der Waals surface area contributed by atoms with Crippen LogP contribution >= 0.6 is 27.3 Å². The Kier molecular flexibility index (Phi) is 5.74. The molecular weight excluding hydrogens is 336 g/mol. The van der Waals surface area contributed by atoms with Gasteiger partial charge in [-0.15, -0.1) is 11.3 Å². The molecule has 1 atom stereocenters. The Morgan fingerprint density at radius 1 is 1.45 bits per heavy atom. The summed E-state index contributed by atoms with van der Waals surface area (Å²) in [4.78, 5) is 5.49. The molecule has 0 aliphatic heterocycles. The van der Waals surface area contributed by atoms with Crippen LogP contribution in [0.5, 0.6) is 0 Å². The summed E-state index contributed by atoms with van der Waals surface area (Å²) in [6, 6.07) is 0.304. The minimum atomic E-state index is 0.304. The highest BCUT2D eigenvalue weighted by atomic mass is 79.9. The van der Waals surface area contributed by atoms with Crippen LogP contribution in [0.2, 0.25) is 0 Å². The summed E-state index contributed by atoms with van der Waals surface area (Å²) in [5.74, 6) is 0. The zero-order valence-electron chi connectivity index (χ0n) is 12.2. The first-order valence-corrected chi connectivity index (χ1v) is 8.66. The van der Waals surface area contributed by atoms with Gasteiger partial charge < -0.3 is 5.32 Å². The van der Waals surface area contributed by atoms with Crippen molar-refractivity contribution in [2.45, 2.75) is 39.2 Å². The first kappa shape index (κ1) is 15.7. The molecule has 2 aromatic heterocycles. The van der Waals surface area contributed by atoms with Crippen LogP contribution < -0.4 is 5.32 Å². The molecule has 0 radical (unpaired) electrons. The second kappa shape index (κ2) is 7.33. The number of aryl methyl sites for hydroxylation is 2. The van der Waals surface area contributed by atoms with Gasteiger partial charge in [-0.1, -0.05) is 13.8 Å². The Morgan fingerprint density at radius 3 is 2.80 bits per heavy atom. The number of nitrogens with one attached hydrogen (secondary N) is 1. The molecular formula is C14H21BrN4S. The van der Waals surface area contributed by atoms with E-state index in [1.165, 1.54) is 10.6 Å². The fraction of sp³-hybridized carbons (Fsp3) is 0.571. The van der Waals surface area contributed by atoms with E-state index in [0.717, 1.165) is 36.0 Å². The topological polar surface area (TPSA) is 42.7 Å². The maximum absolute atomic E-state index is 4.57. The first-order chi connectivity index (χ1) is 9.67. The van der Waals surface area contributed by atoms with Gasteiger partial charge in [0.05, 0.1) is 21.4 Å². The molecule has 110 valence electrons. The predicted octanol–water partition coefficient (Wildman–Crippen LogP) is 3.48. The van der Waals surface area contributed by atoms with E-state index in [1.54, 1.807) is 11.3 Å².